The summed E-state index contributed by atoms with van der Waals surface area (Å²) in [6, 6.07) is 11.4. The van der Waals surface area contributed by atoms with Crippen molar-refractivity contribution in [3.63, 3.8) is 0 Å². The topological polar surface area (TPSA) is 90.2 Å². The van der Waals surface area contributed by atoms with E-state index in [0.29, 0.717) is 17.1 Å². The lowest BCUT2D eigenvalue weighted by atomic mass is 9.88. The number of hydrogen-bond donors (Lipinski definition) is 4. The molecule has 0 aliphatic carbocycles. The van der Waals surface area contributed by atoms with Crippen LogP contribution in [0.3, 0.4) is 0 Å². The number of phenols is 3. The summed E-state index contributed by atoms with van der Waals surface area (Å²) in [7, 11) is 0. The van der Waals surface area contributed by atoms with E-state index in [2.05, 4.69) is 0 Å². The predicted octanol–water partition coefficient (Wildman–Crippen LogP) is 2.74. The average Bonchev–Trinajstić information content (AvgIpc) is 2.45. The molecule has 3 atom stereocenters. The van der Waals surface area contributed by atoms with E-state index < -0.39 is 6.10 Å². The van der Waals surface area contributed by atoms with Crippen LogP contribution in [0.2, 0.25) is 0 Å². The Morgan fingerprint density at radius 2 is 1.55 bits per heavy atom. The van der Waals surface area contributed by atoms with Gasteiger partial charge in [0.05, 0.1) is 6.10 Å². The third-order valence-electron chi connectivity index (χ3n) is 3.62. The number of ether oxygens (including phenoxy) is 1. The Bertz CT molecular complexity index is 626. The van der Waals surface area contributed by atoms with Crippen molar-refractivity contribution in [2.24, 2.45) is 0 Å². The van der Waals surface area contributed by atoms with Crippen LogP contribution in [0.15, 0.2) is 42.5 Å². The molecule has 2 aromatic rings. The third kappa shape index (κ3) is 3.43. The number of hydrogen-bond acceptors (Lipinski definition) is 5. The van der Waals surface area contributed by atoms with Crippen molar-refractivity contribution in [3.8, 4) is 23.0 Å². The van der Waals surface area contributed by atoms with Crippen LogP contribution in [0.5, 0.6) is 23.0 Å². The van der Waals surface area contributed by atoms with E-state index in [1.807, 2.05) is 13.0 Å². The van der Waals surface area contributed by atoms with E-state index in [-0.39, 0.29) is 23.5 Å². The molecule has 1 aliphatic heterocycles. The van der Waals surface area contributed by atoms with Crippen molar-refractivity contribution in [2.75, 3.05) is 0 Å². The molecule has 2 aromatic carbocycles. The number of fused-ring (bicyclic) bond motifs is 1. The van der Waals surface area contributed by atoms with Crippen molar-refractivity contribution in [2.45, 2.75) is 32.0 Å². The monoisotopic (exact) mass is 304 g/mol. The normalized spacial score (nSPS) is 22.8. The van der Waals surface area contributed by atoms with Gasteiger partial charge in [0.15, 0.2) is 0 Å². The van der Waals surface area contributed by atoms with Gasteiger partial charge in [0.25, 0.3) is 0 Å². The molecule has 0 spiro atoms. The molecule has 5 nitrogen and oxygen atoms in total. The maximum absolute atomic E-state index is 9.79. The molecule has 0 bridgehead atoms. The quantitative estimate of drug-likeness (QED) is 0.601. The largest absolute Gasteiger partial charge is 0.508 e. The first kappa shape index (κ1) is 16.0. The molecule has 0 saturated carbocycles. The Kier molecular flexibility index (Phi) is 4.78. The molecular formula is C17H20O5. The first-order chi connectivity index (χ1) is 10.4. The summed E-state index contributed by atoms with van der Waals surface area (Å²) in [5, 5.41) is 37.4. The first-order valence-electron chi connectivity index (χ1n) is 7.04. The van der Waals surface area contributed by atoms with Gasteiger partial charge in [-0.2, -0.15) is 0 Å². The van der Waals surface area contributed by atoms with Crippen molar-refractivity contribution >= 4 is 0 Å². The highest BCUT2D eigenvalue weighted by atomic mass is 16.5. The highest BCUT2D eigenvalue weighted by Gasteiger charge is 2.34. The number of para-hydroxylation sites is 1. The molecule has 1 heterocycles. The lowest BCUT2D eigenvalue weighted by Gasteiger charge is -2.33. The molecule has 118 valence electrons. The van der Waals surface area contributed by atoms with Crippen LogP contribution in [0, 0.1) is 0 Å². The van der Waals surface area contributed by atoms with Gasteiger partial charge in [-0.15, -0.1) is 0 Å². The number of benzene rings is 2. The lowest BCUT2D eigenvalue weighted by molar-refractivity contribution is 0.0143. The van der Waals surface area contributed by atoms with Crippen LogP contribution in [0.4, 0.5) is 0 Å². The van der Waals surface area contributed by atoms with Gasteiger partial charge in [-0.3, -0.25) is 0 Å². The molecule has 4 N–H and O–H groups in total. The van der Waals surface area contributed by atoms with Crippen molar-refractivity contribution in [3.05, 3.63) is 48.0 Å². The zero-order valence-corrected chi connectivity index (χ0v) is 12.5. The van der Waals surface area contributed by atoms with E-state index in [1.54, 1.807) is 31.2 Å². The van der Waals surface area contributed by atoms with Crippen LogP contribution in [0.1, 0.15) is 25.3 Å². The fraction of sp³-hybridized carbons (Fsp3) is 0.294. The van der Waals surface area contributed by atoms with Gasteiger partial charge in [0, 0.05) is 23.6 Å². The first-order valence-corrected chi connectivity index (χ1v) is 7.04. The second kappa shape index (κ2) is 6.58. The van der Waals surface area contributed by atoms with Gasteiger partial charge < -0.3 is 25.2 Å². The molecule has 1 aliphatic rings. The predicted molar refractivity (Wildman–Crippen MR) is 82.4 cm³/mol. The number of aliphatic hydroxyl groups excluding tert-OH is 1. The number of aliphatic hydroxyl groups is 1. The van der Waals surface area contributed by atoms with Crippen LogP contribution in [-0.4, -0.2) is 32.6 Å². The maximum Gasteiger partial charge on any atom is 0.130 e. The third-order valence-corrected chi connectivity index (χ3v) is 3.62. The van der Waals surface area contributed by atoms with Gasteiger partial charge in [0.1, 0.15) is 29.1 Å². The van der Waals surface area contributed by atoms with Crippen molar-refractivity contribution in [1.82, 2.24) is 0 Å². The van der Waals surface area contributed by atoms with E-state index >= 15 is 0 Å². The Hall–Kier alpha value is -2.40. The van der Waals surface area contributed by atoms with E-state index in [9.17, 15) is 15.3 Å². The summed E-state index contributed by atoms with van der Waals surface area (Å²) < 4.78 is 5.41. The van der Waals surface area contributed by atoms with Gasteiger partial charge in [-0.1, -0.05) is 25.1 Å². The van der Waals surface area contributed by atoms with Gasteiger partial charge in [-0.25, -0.2) is 0 Å². The Morgan fingerprint density at radius 3 is 2.09 bits per heavy atom. The minimum atomic E-state index is -0.645. The smallest absolute Gasteiger partial charge is 0.130 e. The molecule has 0 aromatic heterocycles. The molecule has 0 saturated heterocycles. The summed E-state index contributed by atoms with van der Waals surface area (Å²) in [6.07, 6.45) is -0.985. The Morgan fingerprint density at radius 1 is 0.909 bits per heavy atom. The van der Waals surface area contributed by atoms with Crippen LogP contribution in [-0.2, 0) is 0 Å². The van der Waals surface area contributed by atoms with Crippen molar-refractivity contribution < 1.29 is 25.2 Å². The summed E-state index contributed by atoms with van der Waals surface area (Å²) in [4.78, 5) is 0. The summed E-state index contributed by atoms with van der Waals surface area (Å²) in [5.41, 5.74) is 0.554. The molecule has 22 heavy (non-hydrogen) atoms. The van der Waals surface area contributed by atoms with Gasteiger partial charge >= 0.3 is 0 Å². The minimum absolute atomic E-state index is 0.0385. The fourth-order valence-corrected chi connectivity index (χ4v) is 2.43. The molecule has 0 amide bonds. The number of rotatable bonds is 0. The van der Waals surface area contributed by atoms with E-state index in [4.69, 9.17) is 9.84 Å². The lowest BCUT2D eigenvalue weighted by Crippen LogP contribution is -2.37. The molecule has 0 radical (unpaired) electrons. The van der Waals surface area contributed by atoms with Crippen molar-refractivity contribution in [1.29, 1.82) is 0 Å². The highest BCUT2D eigenvalue weighted by molar-refractivity contribution is 5.52. The zero-order chi connectivity index (χ0) is 16.3. The summed E-state index contributed by atoms with van der Waals surface area (Å²) >= 11 is 0. The molecule has 3 unspecified atom stereocenters. The van der Waals surface area contributed by atoms with Crippen LogP contribution in [0.25, 0.3) is 0 Å². The standard InChI is InChI=1S/C11H14O4.C6H6O/c1-5-10-8(13)3-7(12)4-9(10)15-6(2)11(5)14;7-6-4-2-1-3-5-6/h3-6,11-14H,1-2H3;1-5,7H. The molecule has 0 fully saturated rings. The fourth-order valence-electron chi connectivity index (χ4n) is 2.43. The minimum Gasteiger partial charge on any atom is -0.508 e. The maximum atomic E-state index is 9.79. The average molecular weight is 304 g/mol. The van der Waals surface area contributed by atoms with Crippen LogP contribution < -0.4 is 4.74 Å². The van der Waals surface area contributed by atoms with Crippen LogP contribution >= 0.6 is 0 Å². The number of aromatic hydroxyl groups is 3. The molecular weight excluding hydrogens is 284 g/mol. The molecule has 5 heteroatoms. The SMILES string of the molecule is CC1Oc2cc(O)cc(O)c2C(C)C1O.Oc1ccccc1. The Balaban J connectivity index is 0.000000211. The van der Waals surface area contributed by atoms with E-state index in [1.165, 1.54) is 12.1 Å². The summed E-state index contributed by atoms with van der Waals surface area (Å²) in [6.45, 7) is 3.57. The molecule has 3 rings (SSSR count). The van der Waals surface area contributed by atoms with Gasteiger partial charge in [0.2, 0.25) is 0 Å². The number of phenolic OH excluding ortho intramolecular Hbond substituents is 3. The Labute approximate surface area is 129 Å². The van der Waals surface area contributed by atoms with E-state index in [0.717, 1.165) is 0 Å². The summed E-state index contributed by atoms with van der Waals surface area (Å²) in [5.74, 6) is 0.482. The zero-order valence-electron chi connectivity index (χ0n) is 12.5. The highest BCUT2D eigenvalue weighted by Crippen LogP contribution is 2.43. The second-order valence-electron chi connectivity index (χ2n) is 5.31. The van der Waals surface area contributed by atoms with Gasteiger partial charge in [-0.05, 0) is 19.1 Å². The second-order valence-corrected chi connectivity index (χ2v) is 5.31.